The van der Waals surface area contributed by atoms with E-state index in [4.69, 9.17) is 5.73 Å². The van der Waals surface area contributed by atoms with Gasteiger partial charge in [0.1, 0.15) is 29.8 Å². The maximum Gasteiger partial charge on any atom is 0.406 e. The fourth-order valence-electron chi connectivity index (χ4n) is 3.49. The normalized spacial score (nSPS) is 11.5. The van der Waals surface area contributed by atoms with E-state index in [0.29, 0.717) is 10.6 Å². The number of hydrogen-bond donors (Lipinski definition) is 3. The number of aromatic nitrogens is 2. The molecular formula is C23H15F6N5O2. The smallest absolute Gasteiger partial charge is 0.384 e. The summed E-state index contributed by atoms with van der Waals surface area (Å²) in [7, 11) is 0. The van der Waals surface area contributed by atoms with Crippen molar-refractivity contribution >= 4 is 34.1 Å². The van der Waals surface area contributed by atoms with Gasteiger partial charge in [0.15, 0.2) is 0 Å². The molecule has 4 N–H and O–H groups in total. The number of halogens is 6. The molecule has 0 bridgehead atoms. The lowest BCUT2D eigenvalue weighted by atomic mass is 10.0. The number of pyridine rings is 2. The van der Waals surface area contributed by atoms with Crippen molar-refractivity contribution in [3.8, 4) is 11.1 Å². The van der Waals surface area contributed by atoms with Crippen molar-refractivity contribution in [2.45, 2.75) is 12.7 Å². The average Bonchev–Trinajstić information content (AvgIpc) is 2.79. The zero-order valence-corrected chi connectivity index (χ0v) is 18.0. The molecule has 0 fully saturated rings. The topological polar surface area (TPSA) is 102 Å². The number of nitrogens with one attached hydrogen (secondary N) is 2. The Morgan fingerprint density at radius 2 is 1.64 bits per heavy atom. The van der Waals surface area contributed by atoms with Crippen molar-refractivity contribution in [2.75, 3.05) is 16.4 Å². The minimum absolute atomic E-state index is 0.0373. The molecule has 0 aliphatic heterocycles. The standard InChI is InChI=1S/C23H15F6N5O2/c24-12-1-3-13(4-2-12)32-22(36)33-18-6-14(16(25)7-17(18)26)15-5-11-9-31-20(30)8-19(11)34(21(15)35)10-23(27,28)29/h1-9H,10H2,(H2,30,31)(H2,32,33,36). The Morgan fingerprint density at radius 3 is 2.31 bits per heavy atom. The van der Waals surface area contributed by atoms with Gasteiger partial charge in [-0.25, -0.2) is 22.9 Å². The summed E-state index contributed by atoms with van der Waals surface area (Å²) in [6.07, 6.45) is -3.70. The van der Waals surface area contributed by atoms with Gasteiger partial charge in [-0.05, 0) is 36.4 Å². The molecule has 4 rings (SSSR count). The predicted molar refractivity (Wildman–Crippen MR) is 121 cm³/mol. The van der Waals surface area contributed by atoms with E-state index >= 15 is 0 Å². The summed E-state index contributed by atoms with van der Waals surface area (Å²) in [6.45, 7) is -1.70. The highest BCUT2D eigenvalue weighted by Gasteiger charge is 2.30. The number of amides is 2. The third-order valence-electron chi connectivity index (χ3n) is 5.03. The summed E-state index contributed by atoms with van der Waals surface area (Å²) in [5, 5.41) is 4.47. The second kappa shape index (κ2) is 9.24. The monoisotopic (exact) mass is 507 g/mol. The van der Waals surface area contributed by atoms with Crippen molar-refractivity contribution in [3.05, 3.63) is 82.5 Å². The fraction of sp³-hybridized carbons (Fsp3) is 0.0870. The molecule has 2 aromatic heterocycles. The maximum atomic E-state index is 14.7. The van der Waals surface area contributed by atoms with Crippen LogP contribution >= 0.6 is 0 Å². The molecule has 0 aliphatic rings. The summed E-state index contributed by atoms with van der Waals surface area (Å²) in [6, 6.07) is 6.95. The average molecular weight is 507 g/mol. The first-order chi connectivity index (χ1) is 16.9. The Morgan fingerprint density at radius 1 is 0.944 bits per heavy atom. The fourth-order valence-corrected chi connectivity index (χ4v) is 3.49. The van der Waals surface area contributed by atoms with Crippen LogP contribution in [-0.4, -0.2) is 21.8 Å². The van der Waals surface area contributed by atoms with E-state index in [9.17, 15) is 35.9 Å². The number of rotatable bonds is 4. The number of carbonyl (C=O) groups excluding carboxylic acids is 1. The van der Waals surface area contributed by atoms with Crippen LogP contribution in [0.2, 0.25) is 0 Å². The summed E-state index contributed by atoms with van der Waals surface area (Å²) >= 11 is 0. The Bertz CT molecular complexity index is 1530. The van der Waals surface area contributed by atoms with Gasteiger partial charge in [-0.15, -0.1) is 0 Å². The van der Waals surface area contributed by atoms with Crippen LogP contribution in [0.1, 0.15) is 0 Å². The number of nitrogens with zero attached hydrogens (tertiary/aromatic N) is 2. The summed E-state index contributed by atoms with van der Waals surface area (Å²) in [5.41, 5.74) is 2.64. The lowest BCUT2D eigenvalue weighted by Gasteiger charge is -2.16. The first-order valence-electron chi connectivity index (χ1n) is 10.1. The quantitative estimate of drug-likeness (QED) is 0.328. The molecule has 2 amide bonds. The zero-order valence-electron chi connectivity index (χ0n) is 18.0. The summed E-state index contributed by atoms with van der Waals surface area (Å²) < 4.78 is 82.2. The van der Waals surface area contributed by atoms with Gasteiger partial charge in [0.25, 0.3) is 5.56 Å². The molecule has 7 nitrogen and oxygen atoms in total. The molecule has 0 spiro atoms. The number of fused-ring (bicyclic) bond motifs is 1. The van der Waals surface area contributed by atoms with Crippen LogP contribution in [-0.2, 0) is 6.54 Å². The highest BCUT2D eigenvalue weighted by Crippen LogP contribution is 2.30. The van der Waals surface area contributed by atoms with Gasteiger partial charge >= 0.3 is 12.2 Å². The van der Waals surface area contributed by atoms with Crippen LogP contribution in [0.5, 0.6) is 0 Å². The lowest BCUT2D eigenvalue weighted by molar-refractivity contribution is -0.140. The van der Waals surface area contributed by atoms with E-state index in [0.717, 1.165) is 36.5 Å². The van der Waals surface area contributed by atoms with Gasteiger partial charge in [-0.1, -0.05) is 0 Å². The second-order valence-corrected chi connectivity index (χ2v) is 7.63. The number of urea groups is 1. The molecule has 0 radical (unpaired) electrons. The minimum Gasteiger partial charge on any atom is -0.384 e. The van der Waals surface area contributed by atoms with E-state index in [1.165, 1.54) is 12.1 Å². The molecule has 2 heterocycles. The Kier molecular flexibility index (Phi) is 6.31. The van der Waals surface area contributed by atoms with E-state index in [1.807, 2.05) is 0 Å². The van der Waals surface area contributed by atoms with Crippen LogP contribution < -0.4 is 21.9 Å². The number of nitrogen functional groups attached to an aromatic ring is 1. The highest BCUT2D eigenvalue weighted by atomic mass is 19.4. The number of anilines is 3. The number of benzene rings is 2. The van der Waals surface area contributed by atoms with Crippen molar-refractivity contribution < 1.29 is 31.1 Å². The Balaban J connectivity index is 1.78. The van der Waals surface area contributed by atoms with Crippen molar-refractivity contribution in [1.29, 1.82) is 0 Å². The van der Waals surface area contributed by atoms with Crippen molar-refractivity contribution in [3.63, 3.8) is 0 Å². The molecule has 0 aliphatic carbocycles. The molecule has 0 saturated carbocycles. The van der Waals surface area contributed by atoms with Crippen LogP contribution in [0.25, 0.3) is 22.0 Å². The van der Waals surface area contributed by atoms with E-state index in [1.54, 1.807) is 0 Å². The SMILES string of the molecule is Nc1cc2c(cn1)cc(-c1cc(NC(=O)Nc3ccc(F)cc3)c(F)cc1F)c(=O)n2CC(F)(F)F. The minimum atomic E-state index is -4.81. The largest absolute Gasteiger partial charge is 0.406 e. The van der Waals surface area contributed by atoms with Gasteiger partial charge in [0, 0.05) is 35.0 Å². The third kappa shape index (κ3) is 5.24. The maximum absolute atomic E-state index is 14.7. The molecular weight excluding hydrogens is 492 g/mol. The third-order valence-corrected chi connectivity index (χ3v) is 5.03. The summed E-state index contributed by atoms with van der Waals surface area (Å²) in [4.78, 5) is 29.1. The number of alkyl halides is 3. The molecule has 2 aromatic carbocycles. The van der Waals surface area contributed by atoms with Crippen LogP contribution in [0.15, 0.2) is 59.5 Å². The van der Waals surface area contributed by atoms with Crippen molar-refractivity contribution in [1.82, 2.24) is 9.55 Å². The molecule has 186 valence electrons. The second-order valence-electron chi connectivity index (χ2n) is 7.63. The first kappa shape index (κ1) is 24.6. The molecule has 36 heavy (non-hydrogen) atoms. The van der Waals surface area contributed by atoms with E-state index in [2.05, 4.69) is 15.6 Å². The Labute approximate surface area is 198 Å². The van der Waals surface area contributed by atoms with Crippen molar-refractivity contribution in [2.24, 2.45) is 0 Å². The number of nitrogens with two attached hydrogens (primary N) is 1. The van der Waals surface area contributed by atoms with Gasteiger partial charge < -0.3 is 16.4 Å². The van der Waals surface area contributed by atoms with Gasteiger partial charge in [-0.2, -0.15) is 13.2 Å². The number of hydrogen-bond acceptors (Lipinski definition) is 4. The molecule has 0 unspecified atom stereocenters. The van der Waals surface area contributed by atoms with Gasteiger partial charge in [0.05, 0.1) is 16.8 Å². The Hall–Kier alpha value is -4.55. The molecule has 0 atom stereocenters. The van der Waals surface area contributed by atoms with E-state index in [-0.39, 0.29) is 22.4 Å². The summed E-state index contributed by atoms with van der Waals surface area (Å²) in [5.74, 6) is -3.16. The van der Waals surface area contributed by atoms with Gasteiger partial charge in [-0.3, -0.25) is 9.36 Å². The van der Waals surface area contributed by atoms with E-state index < -0.39 is 58.6 Å². The highest BCUT2D eigenvalue weighted by molar-refractivity contribution is 6.00. The predicted octanol–water partition coefficient (Wildman–Crippen LogP) is 5.27. The van der Waals surface area contributed by atoms with Crippen LogP contribution in [0.4, 0.5) is 48.3 Å². The lowest BCUT2D eigenvalue weighted by Crippen LogP contribution is -2.29. The van der Waals surface area contributed by atoms with Crippen LogP contribution in [0.3, 0.4) is 0 Å². The van der Waals surface area contributed by atoms with Crippen LogP contribution in [0, 0.1) is 17.5 Å². The molecule has 0 saturated heterocycles. The number of carbonyl (C=O) groups is 1. The zero-order chi connectivity index (χ0) is 26.2. The first-order valence-corrected chi connectivity index (χ1v) is 10.1. The molecule has 13 heteroatoms. The molecule has 4 aromatic rings. The van der Waals surface area contributed by atoms with Gasteiger partial charge in [0.2, 0.25) is 0 Å².